The molecule has 0 spiro atoms. The molecule has 0 bridgehead atoms. The second-order valence-corrected chi connectivity index (χ2v) is 6.80. The number of hydrogen-bond acceptors (Lipinski definition) is 5. The van der Waals surface area contributed by atoms with E-state index in [9.17, 15) is 14.7 Å². The van der Waals surface area contributed by atoms with Crippen LogP contribution in [0.2, 0.25) is 0 Å². The van der Waals surface area contributed by atoms with Gasteiger partial charge in [-0.2, -0.15) is 0 Å². The van der Waals surface area contributed by atoms with Crippen LogP contribution in [0.1, 0.15) is 46.5 Å². The molecule has 18 heavy (non-hydrogen) atoms. The maximum Gasteiger partial charge on any atom is 0.407 e. The van der Waals surface area contributed by atoms with E-state index < -0.39 is 17.8 Å². The Morgan fingerprint density at radius 1 is 1.33 bits per heavy atom. The van der Waals surface area contributed by atoms with E-state index in [0.29, 0.717) is 12.8 Å². The molecule has 0 radical (unpaired) electrons. The summed E-state index contributed by atoms with van der Waals surface area (Å²) in [5.74, 6) is -0.184. The molecule has 1 aliphatic carbocycles. The van der Waals surface area contributed by atoms with Crippen molar-refractivity contribution in [1.82, 2.24) is 0 Å². The lowest BCUT2D eigenvalue weighted by Crippen LogP contribution is -2.27. The smallest absolute Gasteiger partial charge is 0.304 e. The van der Waals surface area contributed by atoms with Gasteiger partial charge in [0.05, 0.1) is 13.2 Å². The Bertz CT molecular complexity index is 338. The molecule has 1 rings (SSSR count). The van der Waals surface area contributed by atoms with Gasteiger partial charge in [0.25, 0.3) is 0 Å². The van der Waals surface area contributed by atoms with Gasteiger partial charge in [-0.15, -0.1) is 0 Å². The van der Waals surface area contributed by atoms with E-state index >= 15 is 0 Å². The summed E-state index contributed by atoms with van der Waals surface area (Å²) in [6.07, 6.45) is 2.88. The summed E-state index contributed by atoms with van der Waals surface area (Å²) in [7, 11) is -3.66. The average Bonchev–Trinajstić information content (AvgIpc) is 3.03. The van der Waals surface area contributed by atoms with Gasteiger partial charge >= 0.3 is 12.9 Å². The van der Waals surface area contributed by atoms with Crippen molar-refractivity contribution < 1.29 is 18.5 Å². The topological polar surface area (TPSA) is 78.7 Å². The first-order chi connectivity index (χ1) is 8.48. The molecule has 0 aromatic heterocycles. The highest BCUT2D eigenvalue weighted by molar-refractivity contribution is 7.55. The third-order valence-electron chi connectivity index (χ3n) is 3.34. The van der Waals surface area contributed by atoms with E-state index in [1.807, 2.05) is 6.92 Å². The third kappa shape index (κ3) is 2.60. The highest BCUT2D eigenvalue weighted by atomic mass is 31.2. The molecule has 6 nitrogen and oxygen atoms in total. The molecule has 2 unspecified atom stereocenters. The molecule has 1 aliphatic rings. The lowest BCUT2D eigenvalue weighted by Gasteiger charge is -2.21. The third-order valence-corrected chi connectivity index (χ3v) is 6.19. The normalized spacial score (nSPS) is 27.2. The molecule has 106 valence electrons. The van der Waals surface area contributed by atoms with Gasteiger partial charge in [0.1, 0.15) is 0 Å². The summed E-state index contributed by atoms with van der Waals surface area (Å²) in [5.41, 5.74) is 0. The van der Waals surface area contributed by atoms with Gasteiger partial charge in [-0.05, 0) is 20.3 Å². The van der Waals surface area contributed by atoms with Crippen LogP contribution in [-0.2, 0) is 13.6 Å². The highest BCUT2D eigenvalue weighted by Gasteiger charge is 2.78. The average molecular weight is 279 g/mol. The minimum Gasteiger partial charge on any atom is -0.304 e. The monoisotopic (exact) mass is 279 g/mol. The first-order valence-electron chi connectivity index (χ1n) is 6.52. The zero-order chi connectivity index (χ0) is 13.8. The van der Waals surface area contributed by atoms with E-state index in [-0.39, 0.29) is 19.1 Å². The van der Waals surface area contributed by atoms with Crippen molar-refractivity contribution in [3.05, 3.63) is 10.1 Å². The number of unbranched alkanes of at least 4 members (excludes halogenated alkanes) is 1. The molecule has 7 heteroatoms. The maximum atomic E-state index is 12.6. The molecular weight excluding hydrogens is 257 g/mol. The van der Waals surface area contributed by atoms with Crippen molar-refractivity contribution in [2.45, 2.75) is 51.7 Å². The second-order valence-electron chi connectivity index (χ2n) is 4.51. The van der Waals surface area contributed by atoms with Crippen LogP contribution < -0.4 is 0 Å². The predicted octanol–water partition coefficient (Wildman–Crippen LogP) is 3.44. The number of hydrogen-bond donors (Lipinski definition) is 0. The van der Waals surface area contributed by atoms with Crippen LogP contribution in [0.25, 0.3) is 0 Å². The Kier molecular flexibility index (Phi) is 5.32. The molecule has 0 N–H and O–H groups in total. The van der Waals surface area contributed by atoms with Crippen molar-refractivity contribution in [3.63, 3.8) is 0 Å². The summed E-state index contributed by atoms with van der Waals surface area (Å²) in [5, 5.41) is 9.83. The summed E-state index contributed by atoms with van der Waals surface area (Å²) >= 11 is 0. The number of rotatable bonds is 9. The Morgan fingerprint density at radius 3 is 2.28 bits per heavy atom. The minimum atomic E-state index is -3.66. The maximum absolute atomic E-state index is 12.6. The minimum absolute atomic E-state index is 0.160. The first-order valence-corrected chi connectivity index (χ1v) is 8.06. The number of nitro groups is 1. The van der Waals surface area contributed by atoms with Crippen molar-refractivity contribution in [2.24, 2.45) is 5.92 Å². The predicted molar refractivity (Wildman–Crippen MR) is 68.2 cm³/mol. The molecule has 1 saturated carbocycles. The summed E-state index contributed by atoms with van der Waals surface area (Å²) < 4.78 is 22.9. The Labute approximate surface area is 108 Å². The van der Waals surface area contributed by atoms with E-state index in [0.717, 1.165) is 12.8 Å². The van der Waals surface area contributed by atoms with Crippen molar-refractivity contribution in [3.8, 4) is 0 Å². The summed E-state index contributed by atoms with van der Waals surface area (Å²) in [4.78, 5) is 10.9. The molecule has 2 atom stereocenters. The number of nitrogens with zero attached hydrogens (tertiary/aromatic N) is 1. The SMILES string of the molecule is CCCCC1CC1([N+](=O)[O-])P(=O)(OCC)OCC. The van der Waals surface area contributed by atoms with Crippen LogP contribution >= 0.6 is 7.60 Å². The van der Waals surface area contributed by atoms with E-state index in [2.05, 4.69) is 0 Å². The first kappa shape index (κ1) is 15.6. The van der Waals surface area contributed by atoms with Crippen LogP contribution in [-0.4, -0.2) is 23.4 Å². The summed E-state index contributed by atoms with van der Waals surface area (Å²) in [6, 6.07) is 0. The Hall–Kier alpha value is -0.450. The molecule has 0 saturated heterocycles. The fourth-order valence-electron chi connectivity index (χ4n) is 2.35. The van der Waals surface area contributed by atoms with E-state index in [4.69, 9.17) is 9.05 Å². The van der Waals surface area contributed by atoms with Gasteiger partial charge in [-0.1, -0.05) is 19.8 Å². The molecule has 0 amide bonds. The van der Waals surface area contributed by atoms with Crippen LogP contribution in [0.3, 0.4) is 0 Å². The molecule has 0 heterocycles. The van der Waals surface area contributed by atoms with Gasteiger partial charge in [0.2, 0.25) is 0 Å². The van der Waals surface area contributed by atoms with Crippen molar-refractivity contribution in [1.29, 1.82) is 0 Å². The van der Waals surface area contributed by atoms with Gasteiger partial charge in [-0.25, -0.2) is 0 Å². The fourth-order valence-corrected chi connectivity index (χ4v) is 4.77. The zero-order valence-electron chi connectivity index (χ0n) is 11.3. The van der Waals surface area contributed by atoms with Crippen LogP contribution in [0.5, 0.6) is 0 Å². The standard InChI is InChI=1S/C11H22NO5P/c1-4-7-8-10-9-11(10,12(13)14)18(15,16-5-2)17-6-3/h10H,4-9H2,1-3H3. The van der Waals surface area contributed by atoms with Gasteiger partial charge < -0.3 is 9.05 Å². The van der Waals surface area contributed by atoms with Crippen LogP contribution in [0.4, 0.5) is 0 Å². The summed E-state index contributed by atoms with van der Waals surface area (Å²) in [6.45, 7) is 5.69. The molecule has 0 aromatic rings. The van der Waals surface area contributed by atoms with Crippen molar-refractivity contribution in [2.75, 3.05) is 13.2 Å². The lowest BCUT2D eigenvalue weighted by molar-refractivity contribution is -0.519. The van der Waals surface area contributed by atoms with Crippen LogP contribution in [0, 0.1) is 16.0 Å². The molecule has 0 aliphatic heterocycles. The Balaban J connectivity index is 2.91. The molecule has 1 fully saturated rings. The van der Waals surface area contributed by atoms with E-state index in [1.165, 1.54) is 0 Å². The fraction of sp³-hybridized carbons (Fsp3) is 1.00. The largest absolute Gasteiger partial charge is 0.407 e. The van der Waals surface area contributed by atoms with Crippen molar-refractivity contribution >= 4 is 7.60 Å². The van der Waals surface area contributed by atoms with Gasteiger partial charge in [0, 0.05) is 17.3 Å². The van der Waals surface area contributed by atoms with Gasteiger partial charge in [0.15, 0.2) is 0 Å². The lowest BCUT2D eigenvalue weighted by atomic mass is 10.2. The molecule has 0 aromatic carbocycles. The highest BCUT2D eigenvalue weighted by Crippen LogP contribution is 2.75. The quantitative estimate of drug-likeness (QED) is 0.367. The van der Waals surface area contributed by atoms with Crippen LogP contribution in [0.15, 0.2) is 0 Å². The van der Waals surface area contributed by atoms with Gasteiger partial charge in [-0.3, -0.25) is 14.7 Å². The zero-order valence-corrected chi connectivity index (χ0v) is 12.2. The Morgan fingerprint density at radius 2 is 1.89 bits per heavy atom. The van der Waals surface area contributed by atoms with E-state index in [1.54, 1.807) is 13.8 Å². The molecular formula is C11H22NO5P. The second kappa shape index (κ2) is 6.13.